The van der Waals surface area contributed by atoms with Crippen LogP contribution in [-0.4, -0.2) is 18.6 Å². The van der Waals surface area contributed by atoms with E-state index >= 15 is 0 Å². The van der Waals surface area contributed by atoms with Crippen molar-refractivity contribution in [2.75, 3.05) is 18.5 Å². The Kier molecular flexibility index (Phi) is 3.00. The number of aromatic nitrogens is 1. The molecule has 0 aliphatic rings. The average Bonchev–Trinajstić information content (AvgIpc) is 2.67. The first-order chi connectivity index (χ1) is 8.41. The van der Waals surface area contributed by atoms with Crippen LogP contribution in [-0.2, 0) is 0 Å². The third-order valence-electron chi connectivity index (χ3n) is 2.85. The van der Waals surface area contributed by atoms with Crippen molar-refractivity contribution in [2.24, 2.45) is 5.41 Å². The van der Waals surface area contributed by atoms with Crippen molar-refractivity contribution < 1.29 is 4.42 Å². The lowest BCUT2D eigenvalue weighted by Crippen LogP contribution is -2.30. The molecule has 4 nitrogen and oxygen atoms in total. The van der Waals surface area contributed by atoms with Crippen LogP contribution in [0, 0.1) is 23.7 Å². The lowest BCUT2D eigenvalue weighted by molar-refractivity contribution is 0.497. The molecule has 0 unspecified atom stereocenters. The van der Waals surface area contributed by atoms with E-state index in [0.29, 0.717) is 12.4 Å². The highest BCUT2D eigenvalue weighted by Crippen LogP contribution is 2.24. The number of anilines is 1. The van der Waals surface area contributed by atoms with Gasteiger partial charge < -0.3 is 9.32 Å². The summed E-state index contributed by atoms with van der Waals surface area (Å²) in [6.07, 6.45) is 0. The second-order valence-electron chi connectivity index (χ2n) is 5.24. The highest BCUT2D eigenvalue weighted by atomic mass is 16.3. The molecule has 4 heteroatoms. The van der Waals surface area contributed by atoms with Gasteiger partial charge in [0.15, 0.2) is 11.5 Å². The number of aryl methyl sites for hydroxylation is 1. The molecule has 0 spiro atoms. The SMILES string of the molecule is Cc1nc2cc(N(C)CC(C)(C)C#N)ccc2o1. The number of nitrogens with zero attached hydrogens (tertiary/aromatic N) is 3. The molecule has 0 atom stereocenters. The molecule has 0 radical (unpaired) electrons. The quantitative estimate of drug-likeness (QED) is 0.831. The summed E-state index contributed by atoms with van der Waals surface area (Å²) in [5, 5.41) is 9.06. The van der Waals surface area contributed by atoms with E-state index in [0.717, 1.165) is 16.8 Å². The van der Waals surface area contributed by atoms with Gasteiger partial charge in [-0.1, -0.05) is 0 Å². The van der Waals surface area contributed by atoms with Gasteiger partial charge in [0.1, 0.15) is 5.52 Å². The first kappa shape index (κ1) is 12.4. The van der Waals surface area contributed by atoms with Crippen LogP contribution in [0.2, 0.25) is 0 Å². The molecule has 0 amide bonds. The highest BCUT2D eigenvalue weighted by molar-refractivity contribution is 5.77. The summed E-state index contributed by atoms with van der Waals surface area (Å²) in [5.74, 6) is 0.669. The molecule has 0 N–H and O–H groups in total. The van der Waals surface area contributed by atoms with E-state index in [2.05, 4.69) is 16.0 Å². The van der Waals surface area contributed by atoms with Gasteiger partial charge in [-0.3, -0.25) is 0 Å². The Labute approximate surface area is 107 Å². The van der Waals surface area contributed by atoms with Crippen molar-refractivity contribution in [1.29, 1.82) is 5.26 Å². The van der Waals surface area contributed by atoms with Crippen LogP contribution in [0.5, 0.6) is 0 Å². The molecule has 0 fully saturated rings. The summed E-state index contributed by atoms with van der Waals surface area (Å²) in [4.78, 5) is 6.38. The minimum Gasteiger partial charge on any atom is -0.441 e. The topological polar surface area (TPSA) is 53.1 Å². The molecule has 18 heavy (non-hydrogen) atoms. The van der Waals surface area contributed by atoms with Crippen molar-refractivity contribution in [2.45, 2.75) is 20.8 Å². The summed E-state index contributed by atoms with van der Waals surface area (Å²) in [5.41, 5.74) is 2.32. The number of rotatable bonds is 3. The minimum atomic E-state index is -0.372. The standard InChI is InChI=1S/C14H17N3O/c1-10-16-12-7-11(5-6-13(12)18-10)17(4)9-14(2,3)8-15/h5-7H,9H2,1-4H3. The largest absolute Gasteiger partial charge is 0.441 e. The fourth-order valence-corrected chi connectivity index (χ4v) is 1.99. The number of oxazole rings is 1. The Morgan fingerprint density at radius 1 is 1.44 bits per heavy atom. The maximum absolute atomic E-state index is 9.06. The third-order valence-corrected chi connectivity index (χ3v) is 2.85. The van der Waals surface area contributed by atoms with Gasteiger partial charge in [-0.05, 0) is 32.0 Å². The van der Waals surface area contributed by atoms with Crippen LogP contribution in [0.25, 0.3) is 11.1 Å². The van der Waals surface area contributed by atoms with Crippen molar-refractivity contribution in [1.82, 2.24) is 4.98 Å². The predicted molar refractivity (Wildman–Crippen MR) is 71.4 cm³/mol. The second-order valence-corrected chi connectivity index (χ2v) is 5.24. The van der Waals surface area contributed by atoms with E-state index in [1.807, 2.05) is 46.0 Å². The summed E-state index contributed by atoms with van der Waals surface area (Å²) in [7, 11) is 1.98. The summed E-state index contributed by atoms with van der Waals surface area (Å²) < 4.78 is 5.44. The van der Waals surface area contributed by atoms with Crippen molar-refractivity contribution in [3.63, 3.8) is 0 Å². The second kappa shape index (κ2) is 4.34. The van der Waals surface area contributed by atoms with E-state index in [1.165, 1.54) is 0 Å². The van der Waals surface area contributed by atoms with Gasteiger partial charge in [0.05, 0.1) is 11.5 Å². The van der Waals surface area contributed by atoms with Gasteiger partial charge in [0.2, 0.25) is 0 Å². The minimum absolute atomic E-state index is 0.372. The number of benzene rings is 1. The van der Waals surface area contributed by atoms with E-state index in [4.69, 9.17) is 9.68 Å². The Morgan fingerprint density at radius 3 is 2.83 bits per heavy atom. The smallest absolute Gasteiger partial charge is 0.192 e. The lowest BCUT2D eigenvalue weighted by atomic mass is 9.95. The van der Waals surface area contributed by atoms with Crippen LogP contribution in [0.3, 0.4) is 0 Å². The first-order valence-electron chi connectivity index (χ1n) is 5.91. The average molecular weight is 243 g/mol. The Balaban J connectivity index is 2.28. The van der Waals surface area contributed by atoms with Gasteiger partial charge >= 0.3 is 0 Å². The fraction of sp³-hybridized carbons (Fsp3) is 0.429. The Morgan fingerprint density at radius 2 is 2.17 bits per heavy atom. The van der Waals surface area contributed by atoms with Gasteiger partial charge in [-0.25, -0.2) is 4.98 Å². The van der Waals surface area contributed by atoms with Gasteiger partial charge in [-0.15, -0.1) is 0 Å². The zero-order chi connectivity index (χ0) is 13.3. The number of fused-ring (bicyclic) bond motifs is 1. The number of hydrogen-bond donors (Lipinski definition) is 0. The first-order valence-corrected chi connectivity index (χ1v) is 5.91. The zero-order valence-corrected chi connectivity index (χ0v) is 11.2. The molecule has 94 valence electrons. The molecule has 0 saturated carbocycles. The summed E-state index contributed by atoms with van der Waals surface area (Å²) in [6, 6.07) is 8.20. The van der Waals surface area contributed by atoms with Crippen LogP contribution in [0.4, 0.5) is 5.69 Å². The van der Waals surface area contributed by atoms with Gasteiger partial charge in [0.25, 0.3) is 0 Å². The molecule has 0 aliphatic heterocycles. The number of nitriles is 1. The van der Waals surface area contributed by atoms with Crippen LogP contribution < -0.4 is 4.90 Å². The molecule has 2 rings (SSSR count). The Bertz CT molecular complexity index is 607. The van der Waals surface area contributed by atoms with Crippen molar-refractivity contribution in [3.8, 4) is 6.07 Å². The van der Waals surface area contributed by atoms with E-state index in [-0.39, 0.29) is 5.41 Å². The van der Waals surface area contributed by atoms with E-state index in [9.17, 15) is 0 Å². The fourth-order valence-electron chi connectivity index (χ4n) is 1.99. The molecule has 0 bridgehead atoms. The Hall–Kier alpha value is -2.02. The van der Waals surface area contributed by atoms with E-state index in [1.54, 1.807) is 0 Å². The zero-order valence-electron chi connectivity index (χ0n) is 11.2. The molecular weight excluding hydrogens is 226 g/mol. The molecule has 1 aromatic heterocycles. The maximum Gasteiger partial charge on any atom is 0.192 e. The predicted octanol–water partition coefficient (Wildman–Crippen LogP) is 3.12. The molecule has 1 heterocycles. The van der Waals surface area contributed by atoms with Crippen LogP contribution in [0.1, 0.15) is 19.7 Å². The molecule has 0 aliphatic carbocycles. The molecular formula is C14H17N3O. The summed E-state index contributed by atoms with van der Waals surface area (Å²) in [6.45, 7) is 6.37. The van der Waals surface area contributed by atoms with Crippen LogP contribution in [0.15, 0.2) is 22.6 Å². The van der Waals surface area contributed by atoms with Crippen molar-refractivity contribution in [3.05, 3.63) is 24.1 Å². The summed E-state index contributed by atoms with van der Waals surface area (Å²) >= 11 is 0. The normalized spacial score (nSPS) is 11.5. The van der Waals surface area contributed by atoms with Gasteiger partial charge in [0, 0.05) is 26.2 Å². The monoisotopic (exact) mass is 243 g/mol. The molecule has 0 saturated heterocycles. The molecule has 2 aromatic rings. The number of hydrogen-bond acceptors (Lipinski definition) is 4. The maximum atomic E-state index is 9.06. The van der Waals surface area contributed by atoms with Gasteiger partial charge in [-0.2, -0.15) is 5.26 Å². The lowest BCUT2D eigenvalue weighted by Gasteiger charge is -2.26. The van der Waals surface area contributed by atoms with E-state index < -0.39 is 0 Å². The van der Waals surface area contributed by atoms with Crippen molar-refractivity contribution >= 4 is 16.8 Å². The van der Waals surface area contributed by atoms with Crippen LogP contribution >= 0.6 is 0 Å². The molecule has 1 aromatic carbocycles. The third kappa shape index (κ3) is 2.45. The highest BCUT2D eigenvalue weighted by Gasteiger charge is 2.19.